The summed E-state index contributed by atoms with van der Waals surface area (Å²) in [7, 11) is 2.92. The van der Waals surface area contributed by atoms with Gasteiger partial charge in [-0.3, -0.25) is 4.79 Å². The average molecular weight is 210 g/mol. The molecule has 1 aliphatic carbocycles. The topological polar surface area (TPSA) is 55.8 Å². The zero-order valence-electron chi connectivity index (χ0n) is 8.77. The fraction of sp³-hybridized carbons (Fsp3) is 0.364. The van der Waals surface area contributed by atoms with Crippen molar-refractivity contribution in [3.8, 4) is 0 Å². The van der Waals surface area contributed by atoms with E-state index in [1.165, 1.54) is 26.4 Å². The predicted octanol–water partition coefficient (Wildman–Crippen LogP) is 1.50. The fourth-order valence-electron chi connectivity index (χ4n) is 1.45. The van der Waals surface area contributed by atoms with Crippen LogP contribution in [0.3, 0.4) is 0 Å². The normalized spacial score (nSPS) is 19.9. The van der Waals surface area contributed by atoms with Gasteiger partial charge in [-0.1, -0.05) is 12.2 Å². The van der Waals surface area contributed by atoms with E-state index in [4.69, 9.17) is 9.47 Å². The molecule has 0 aromatic rings. The molecule has 4 nitrogen and oxygen atoms in total. The van der Waals surface area contributed by atoms with Crippen LogP contribution in [0.1, 0.15) is 6.42 Å². The zero-order chi connectivity index (χ0) is 11.3. The highest BCUT2D eigenvalue weighted by molar-refractivity contribution is 5.66. The summed E-state index contributed by atoms with van der Waals surface area (Å²) in [4.78, 5) is 10.2. The molecule has 0 saturated heterocycles. The van der Waals surface area contributed by atoms with Crippen molar-refractivity contribution in [1.82, 2.24) is 0 Å². The summed E-state index contributed by atoms with van der Waals surface area (Å²) in [6.45, 7) is 0. The monoisotopic (exact) mass is 210 g/mol. The van der Waals surface area contributed by atoms with Gasteiger partial charge in [0.25, 0.3) is 0 Å². The van der Waals surface area contributed by atoms with Gasteiger partial charge in [0.2, 0.25) is 5.79 Å². The molecule has 0 heterocycles. The number of hydrogen-bond donors (Lipinski definition) is 1. The molecule has 82 valence electrons. The first-order chi connectivity index (χ1) is 7.18. The van der Waals surface area contributed by atoms with Gasteiger partial charge in [-0.25, -0.2) is 0 Å². The lowest BCUT2D eigenvalue weighted by Gasteiger charge is -2.32. The quantitative estimate of drug-likeness (QED) is 0.434. The van der Waals surface area contributed by atoms with Crippen molar-refractivity contribution in [3.05, 3.63) is 35.6 Å². The first-order valence-corrected chi connectivity index (χ1v) is 4.51. The molecule has 0 aliphatic heterocycles. The molecule has 4 heteroatoms. The molecule has 0 radical (unpaired) electrons. The largest absolute Gasteiger partial charge is 0.507 e. The Labute approximate surface area is 88.5 Å². The average Bonchev–Trinajstić information content (AvgIpc) is 2.28. The lowest BCUT2D eigenvalue weighted by atomic mass is 9.97. The number of methoxy groups -OCH3 is 2. The molecule has 0 fully saturated rings. The fourth-order valence-corrected chi connectivity index (χ4v) is 1.45. The second kappa shape index (κ2) is 4.91. The maximum Gasteiger partial charge on any atom is 0.231 e. The molecule has 0 bridgehead atoms. The number of aliphatic hydroxyl groups is 1. The summed E-state index contributed by atoms with van der Waals surface area (Å²) in [6, 6.07) is 0. The Balaban J connectivity index is 2.92. The van der Waals surface area contributed by atoms with Crippen LogP contribution >= 0.6 is 0 Å². The van der Waals surface area contributed by atoms with Gasteiger partial charge in [0.05, 0.1) is 0 Å². The van der Waals surface area contributed by atoms with Crippen molar-refractivity contribution in [1.29, 1.82) is 0 Å². The highest BCUT2D eigenvalue weighted by Gasteiger charge is 2.37. The third-order valence-corrected chi connectivity index (χ3v) is 2.33. The van der Waals surface area contributed by atoms with E-state index < -0.39 is 5.79 Å². The highest BCUT2D eigenvalue weighted by Crippen LogP contribution is 2.32. The van der Waals surface area contributed by atoms with E-state index in [-0.39, 0.29) is 5.76 Å². The molecule has 0 amide bonds. The molecule has 0 unspecified atom stereocenters. The number of allylic oxidation sites excluding steroid dienone is 4. The minimum absolute atomic E-state index is 0.0238. The predicted molar refractivity (Wildman–Crippen MR) is 55.4 cm³/mol. The van der Waals surface area contributed by atoms with Gasteiger partial charge in [-0.05, 0) is 17.7 Å². The van der Waals surface area contributed by atoms with Crippen LogP contribution in [-0.4, -0.2) is 31.4 Å². The van der Waals surface area contributed by atoms with Crippen LogP contribution in [0.15, 0.2) is 35.6 Å². The number of carbonyl (C=O) groups excluding carboxylic acids is 1. The summed E-state index contributed by atoms with van der Waals surface area (Å²) in [5, 5.41) is 9.64. The van der Waals surface area contributed by atoms with E-state index in [9.17, 15) is 9.90 Å². The van der Waals surface area contributed by atoms with Crippen LogP contribution in [0.25, 0.3) is 0 Å². The van der Waals surface area contributed by atoms with Crippen molar-refractivity contribution in [2.75, 3.05) is 14.2 Å². The third-order valence-electron chi connectivity index (χ3n) is 2.33. The Kier molecular flexibility index (Phi) is 3.82. The Morgan fingerprint density at radius 3 is 2.60 bits per heavy atom. The Morgan fingerprint density at radius 1 is 1.40 bits per heavy atom. The van der Waals surface area contributed by atoms with E-state index in [1.807, 2.05) is 0 Å². The third kappa shape index (κ3) is 2.34. The molecule has 0 atom stereocenters. The lowest BCUT2D eigenvalue weighted by molar-refractivity contribution is -0.196. The molecular formula is C11H14O4. The number of ether oxygens (including phenoxy) is 2. The Morgan fingerprint density at radius 2 is 2.07 bits per heavy atom. The van der Waals surface area contributed by atoms with E-state index in [2.05, 4.69) is 0 Å². The summed E-state index contributed by atoms with van der Waals surface area (Å²) in [5.41, 5.74) is 0.851. The maximum atomic E-state index is 10.2. The molecule has 15 heavy (non-hydrogen) atoms. The number of hydrogen-bond acceptors (Lipinski definition) is 4. The summed E-state index contributed by atoms with van der Waals surface area (Å²) in [6.07, 6.45) is 7.32. The number of carbonyl (C=O) groups is 1. The van der Waals surface area contributed by atoms with E-state index >= 15 is 0 Å². The van der Waals surface area contributed by atoms with Crippen molar-refractivity contribution >= 4 is 6.29 Å². The van der Waals surface area contributed by atoms with E-state index in [1.54, 1.807) is 12.2 Å². The number of aliphatic hydroxyl groups excluding tert-OH is 1. The van der Waals surface area contributed by atoms with Gasteiger partial charge in [0, 0.05) is 20.6 Å². The van der Waals surface area contributed by atoms with Crippen LogP contribution < -0.4 is 0 Å². The molecule has 1 rings (SSSR count). The molecular weight excluding hydrogens is 196 g/mol. The number of aldehydes is 1. The molecule has 0 aromatic heterocycles. The second-order valence-corrected chi connectivity index (χ2v) is 3.13. The Bertz CT molecular complexity index is 321. The van der Waals surface area contributed by atoms with Gasteiger partial charge in [-0.15, -0.1) is 0 Å². The van der Waals surface area contributed by atoms with Crippen LogP contribution in [0, 0.1) is 0 Å². The van der Waals surface area contributed by atoms with Gasteiger partial charge in [0.15, 0.2) is 5.76 Å². The van der Waals surface area contributed by atoms with E-state index in [0.717, 1.165) is 5.57 Å². The van der Waals surface area contributed by atoms with Crippen molar-refractivity contribution in [2.24, 2.45) is 0 Å². The first-order valence-electron chi connectivity index (χ1n) is 4.51. The lowest BCUT2D eigenvalue weighted by Crippen LogP contribution is -2.37. The second-order valence-electron chi connectivity index (χ2n) is 3.13. The van der Waals surface area contributed by atoms with Crippen molar-refractivity contribution < 1.29 is 19.4 Å². The van der Waals surface area contributed by atoms with Crippen LogP contribution in [0.2, 0.25) is 0 Å². The number of rotatable bonds is 4. The van der Waals surface area contributed by atoms with Crippen molar-refractivity contribution in [2.45, 2.75) is 12.2 Å². The highest BCUT2D eigenvalue weighted by atomic mass is 16.7. The maximum absolute atomic E-state index is 10.2. The zero-order valence-corrected chi connectivity index (χ0v) is 8.77. The van der Waals surface area contributed by atoms with Crippen LogP contribution in [0.5, 0.6) is 0 Å². The minimum atomic E-state index is -1.13. The standard InChI is InChI=1S/C11H14O4/c1-14-11(15-2)8-9(4-3-7-12)5-6-10(11)13/h3-7,13H,8H2,1-2H3/b4-3+. The summed E-state index contributed by atoms with van der Waals surface area (Å²) in [5.74, 6) is -1.10. The van der Waals surface area contributed by atoms with Gasteiger partial charge < -0.3 is 14.6 Å². The minimum Gasteiger partial charge on any atom is -0.507 e. The molecule has 1 aliphatic rings. The summed E-state index contributed by atoms with van der Waals surface area (Å²) >= 11 is 0. The Hall–Kier alpha value is -1.39. The summed E-state index contributed by atoms with van der Waals surface area (Å²) < 4.78 is 10.3. The first kappa shape index (κ1) is 11.7. The van der Waals surface area contributed by atoms with E-state index in [0.29, 0.717) is 12.7 Å². The smallest absolute Gasteiger partial charge is 0.231 e. The van der Waals surface area contributed by atoms with Gasteiger partial charge in [-0.2, -0.15) is 0 Å². The molecule has 0 aromatic carbocycles. The van der Waals surface area contributed by atoms with Gasteiger partial charge in [0.1, 0.15) is 6.29 Å². The van der Waals surface area contributed by atoms with Gasteiger partial charge >= 0.3 is 0 Å². The molecule has 1 N–H and O–H groups in total. The van der Waals surface area contributed by atoms with Crippen molar-refractivity contribution in [3.63, 3.8) is 0 Å². The van der Waals surface area contributed by atoms with Crippen LogP contribution in [0.4, 0.5) is 0 Å². The SMILES string of the molecule is COC1(OC)CC(/C=C/C=O)=CC=C1O. The molecule has 0 saturated carbocycles. The molecule has 0 spiro atoms. The van der Waals surface area contributed by atoms with Crippen LogP contribution in [-0.2, 0) is 14.3 Å².